The molecule has 0 aromatic heterocycles. The summed E-state index contributed by atoms with van der Waals surface area (Å²) in [5.41, 5.74) is 5.38. The second-order valence-corrected chi connectivity index (χ2v) is 20.2. The first-order valence-corrected chi connectivity index (χ1v) is 28.6. The van der Waals surface area contributed by atoms with Gasteiger partial charge in [0.2, 0.25) is 0 Å². The molecule has 0 aromatic carbocycles. The van der Waals surface area contributed by atoms with Crippen molar-refractivity contribution in [1.29, 1.82) is 0 Å². The molecular weight excluding hydrogens is 814 g/mol. The topological polar surface area (TPSA) is 155 Å². The van der Waals surface area contributed by atoms with Crippen LogP contribution in [0.25, 0.3) is 0 Å². The first-order valence-electron chi connectivity index (χ1n) is 27.1. The van der Waals surface area contributed by atoms with E-state index in [1.165, 1.54) is 225 Å². The molecule has 0 aliphatic carbocycles. The molecule has 0 amide bonds. The Balaban J connectivity index is 4.05. The number of unbranched alkanes of at least 4 members (excludes halogenated alkanes) is 39. The van der Waals surface area contributed by atoms with Gasteiger partial charge < -0.3 is 25.2 Å². The number of esters is 1. The van der Waals surface area contributed by atoms with Crippen molar-refractivity contribution in [2.24, 2.45) is 5.73 Å². The Morgan fingerprint density at radius 1 is 0.444 bits per heavy atom. The molecule has 0 spiro atoms. The van der Waals surface area contributed by atoms with Crippen LogP contribution in [-0.4, -0.2) is 60.5 Å². The van der Waals surface area contributed by atoms with E-state index in [0.717, 1.165) is 38.5 Å². The number of aliphatic carboxylic acids is 1. The Labute approximate surface area is 389 Å². The van der Waals surface area contributed by atoms with Crippen molar-refractivity contribution < 1.29 is 42.7 Å². The van der Waals surface area contributed by atoms with Crippen molar-refractivity contribution in [3.05, 3.63) is 0 Å². The molecule has 0 rings (SSSR count). The van der Waals surface area contributed by atoms with Gasteiger partial charge in [-0.05, 0) is 12.8 Å². The van der Waals surface area contributed by atoms with Gasteiger partial charge in [-0.25, -0.2) is 4.57 Å². The van der Waals surface area contributed by atoms with Gasteiger partial charge in [-0.15, -0.1) is 0 Å². The lowest BCUT2D eigenvalue weighted by atomic mass is 10.0. The number of carboxylic acids is 1. The lowest BCUT2D eigenvalue weighted by Crippen LogP contribution is -2.34. The second kappa shape index (κ2) is 48.9. The van der Waals surface area contributed by atoms with Gasteiger partial charge in [-0.3, -0.25) is 18.6 Å². The third-order valence-electron chi connectivity index (χ3n) is 12.4. The number of ether oxygens (including phenoxy) is 2. The number of rotatable bonds is 53. The molecule has 0 fully saturated rings. The predicted octanol–water partition coefficient (Wildman–Crippen LogP) is 15.9. The Bertz CT molecular complexity index is 1020. The number of hydrogen-bond acceptors (Lipinski definition) is 8. The van der Waals surface area contributed by atoms with E-state index in [0.29, 0.717) is 6.61 Å². The average Bonchev–Trinajstić information content (AvgIpc) is 3.26. The second-order valence-electron chi connectivity index (χ2n) is 18.7. The lowest BCUT2D eigenvalue weighted by Gasteiger charge is -2.20. The molecular formula is C52H104NO9P. The molecule has 0 saturated carbocycles. The van der Waals surface area contributed by atoms with Gasteiger partial charge >= 0.3 is 19.8 Å². The highest BCUT2D eigenvalue weighted by Crippen LogP contribution is 2.43. The van der Waals surface area contributed by atoms with Crippen LogP contribution in [0.1, 0.15) is 284 Å². The Morgan fingerprint density at radius 2 is 0.730 bits per heavy atom. The minimum absolute atomic E-state index is 0.0266. The number of nitrogens with two attached hydrogens (primary N) is 1. The van der Waals surface area contributed by atoms with Crippen LogP contribution < -0.4 is 5.73 Å². The van der Waals surface area contributed by atoms with E-state index in [1.807, 2.05) is 0 Å². The van der Waals surface area contributed by atoms with Gasteiger partial charge in [0, 0.05) is 13.0 Å². The predicted molar refractivity (Wildman–Crippen MR) is 263 cm³/mol. The van der Waals surface area contributed by atoms with Crippen LogP contribution in [0.5, 0.6) is 0 Å². The number of carbonyl (C=O) groups is 2. The quantitative estimate of drug-likeness (QED) is 0.0305. The number of carboxylic acid groups (broad SMARTS) is 1. The Morgan fingerprint density at radius 3 is 1.05 bits per heavy atom. The van der Waals surface area contributed by atoms with Crippen LogP contribution in [-0.2, 0) is 32.7 Å². The van der Waals surface area contributed by atoms with Crippen LogP contribution in [0.3, 0.4) is 0 Å². The van der Waals surface area contributed by atoms with Gasteiger partial charge in [-0.1, -0.05) is 264 Å². The molecule has 0 aliphatic rings. The van der Waals surface area contributed by atoms with Gasteiger partial charge in [0.25, 0.3) is 0 Å². The number of phosphoric acid groups is 1. The van der Waals surface area contributed by atoms with E-state index in [9.17, 15) is 19.0 Å². The summed E-state index contributed by atoms with van der Waals surface area (Å²) in [5, 5.41) is 8.94. The van der Waals surface area contributed by atoms with Crippen molar-refractivity contribution >= 4 is 19.8 Å². The molecule has 0 aliphatic heterocycles. The fourth-order valence-corrected chi connectivity index (χ4v) is 8.97. The smallest absolute Gasteiger partial charge is 0.472 e. The molecule has 376 valence electrons. The molecule has 0 heterocycles. The fourth-order valence-electron chi connectivity index (χ4n) is 8.20. The van der Waals surface area contributed by atoms with Gasteiger partial charge in [0.05, 0.1) is 19.8 Å². The number of hydrogen-bond donors (Lipinski definition) is 3. The van der Waals surface area contributed by atoms with Crippen molar-refractivity contribution in [3.63, 3.8) is 0 Å². The van der Waals surface area contributed by atoms with E-state index in [2.05, 4.69) is 13.8 Å². The monoisotopic (exact) mass is 918 g/mol. The van der Waals surface area contributed by atoms with Crippen molar-refractivity contribution in [3.8, 4) is 0 Å². The van der Waals surface area contributed by atoms with Crippen LogP contribution in [0.2, 0.25) is 0 Å². The van der Waals surface area contributed by atoms with Crippen molar-refractivity contribution in [2.75, 3.05) is 26.4 Å². The van der Waals surface area contributed by atoms with E-state index in [-0.39, 0.29) is 13.0 Å². The fraction of sp³-hybridized carbons (Fsp3) is 0.962. The minimum atomic E-state index is -4.62. The van der Waals surface area contributed by atoms with E-state index < -0.39 is 45.1 Å². The first kappa shape index (κ1) is 62.0. The highest BCUT2D eigenvalue weighted by atomic mass is 31.2. The molecule has 3 unspecified atom stereocenters. The normalized spacial score (nSPS) is 13.6. The van der Waals surface area contributed by atoms with E-state index in [4.69, 9.17) is 29.4 Å². The van der Waals surface area contributed by atoms with E-state index in [1.54, 1.807) is 0 Å². The summed E-state index contributed by atoms with van der Waals surface area (Å²) in [5.74, 6) is -1.76. The molecule has 11 heteroatoms. The standard InChI is InChI=1S/C52H104NO9P/c1-3-5-7-9-11-13-15-17-19-21-23-25-26-28-30-32-34-36-38-40-42-44-51(54)62-49(47-60-63(57,58)61-48-50(53)52(55)56)46-59-45-43-41-39-37-35-33-31-29-27-24-22-20-18-16-14-12-10-8-6-4-2/h49-50H,3-48,53H2,1-2H3,(H,55,56)(H,57,58). The third kappa shape index (κ3) is 48.7. The highest BCUT2D eigenvalue weighted by molar-refractivity contribution is 7.47. The summed E-state index contributed by atoms with van der Waals surface area (Å²) in [6.45, 7) is 3.97. The molecule has 0 aromatic rings. The molecule has 3 atom stereocenters. The zero-order valence-electron chi connectivity index (χ0n) is 41.5. The molecule has 0 bridgehead atoms. The highest BCUT2D eigenvalue weighted by Gasteiger charge is 2.27. The summed E-state index contributed by atoms with van der Waals surface area (Å²) in [4.78, 5) is 33.7. The van der Waals surface area contributed by atoms with Crippen molar-refractivity contribution in [2.45, 2.75) is 296 Å². The third-order valence-corrected chi connectivity index (χ3v) is 13.3. The maximum atomic E-state index is 12.7. The maximum Gasteiger partial charge on any atom is 0.472 e. The Kier molecular flexibility index (Phi) is 48.1. The van der Waals surface area contributed by atoms with Crippen LogP contribution in [0.4, 0.5) is 0 Å². The molecule has 4 N–H and O–H groups in total. The van der Waals surface area contributed by atoms with Crippen LogP contribution in [0, 0.1) is 0 Å². The summed E-state index contributed by atoms with van der Waals surface area (Å²) in [6.07, 6.45) is 53.1. The average molecular weight is 918 g/mol. The lowest BCUT2D eigenvalue weighted by molar-refractivity contribution is -0.154. The number of phosphoric ester groups is 1. The summed E-state index contributed by atoms with van der Waals surface area (Å²) < 4.78 is 33.6. The van der Waals surface area contributed by atoms with Crippen LogP contribution in [0.15, 0.2) is 0 Å². The van der Waals surface area contributed by atoms with Crippen molar-refractivity contribution in [1.82, 2.24) is 0 Å². The van der Waals surface area contributed by atoms with E-state index >= 15 is 0 Å². The number of carbonyl (C=O) groups excluding carboxylic acids is 1. The SMILES string of the molecule is CCCCCCCCCCCCCCCCCCCCCCCC(=O)OC(COCCCCCCCCCCCCCCCCCCCCCC)COP(=O)(O)OCC(N)C(=O)O. The molecule has 10 nitrogen and oxygen atoms in total. The van der Waals surface area contributed by atoms with Crippen LogP contribution >= 0.6 is 7.82 Å². The molecule has 0 radical (unpaired) electrons. The zero-order valence-corrected chi connectivity index (χ0v) is 42.4. The largest absolute Gasteiger partial charge is 0.480 e. The summed E-state index contributed by atoms with van der Waals surface area (Å²) >= 11 is 0. The molecule has 63 heavy (non-hydrogen) atoms. The van der Waals surface area contributed by atoms with Gasteiger partial charge in [0.1, 0.15) is 12.1 Å². The maximum absolute atomic E-state index is 12.7. The first-order chi connectivity index (χ1) is 30.7. The Hall–Kier alpha value is -1.03. The summed E-state index contributed by atoms with van der Waals surface area (Å²) in [7, 11) is -4.62. The molecule has 0 saturated heterocycles. The minimum Gasteiger partial charge on any atom is -0.480 e. The zero-order chi connectivity index (χ0) is 46.2. The van der Waals surface area contributed by atoms with Gasteiger partial charge in [-0.2, -0.15) is 0 Å². The summed E-state index contributed by atoms with van der Waals surface area (Å²) in [6, 6.07) is -1.47. The van der Waals surface area contributed by atoms with Gasteiger partial charge in [0.15, 0.2) is 0 Å².